The molecule has 0 aliphatic heterocycles. The van der Waals surface area contributed by atoms with Crippen molar-refractivity contribution >= 4 is 68.3 Å². The van der Waals surface area contributed by atoms with Gasteiger partial charge >= 0.3 is 48.9 Å². The van der Waals surface area contributed by atoms with E-state index in [1.54, 1.807) is 0 Å². The molecule has 3 radical (unpaired) electrons. The summed E-state index contributed by atoms with van der Waals surface area (Å²) in [5.41, 5.74) is 0. The number of hydrogen-bond donors (Lipinski definition) is 0. The molecule has 0 fully saturated rings. The van der Waals surface area contributed by atoms with Crippen LogP contribution in [-0.4, -0.2) is 68.3 Å². The maximum Gasteiger partial charge on any atom is 2.00 e. The summed E-state index contributed by atoms with van der Waals surface area (Å²) < 4.78 is 0. The summed E-state index contributed by atoms with van der Waals surface area (Å²) in [7, 11) is 0. The minimum atomic E-state index is 0. The van der Waals surface area contributed by atoms with E-state index < -0.39 is 0 Å². The van der Waals surface area contributed by atoms with E-state index in [-0.39, 0.29) is 90.6 Å². The molecule has 0 spiro atoms. The summed E-state index contributed by atoms with van der Waals surface area (Å²) >= 11 is 0. The van der Waals surface area contributed by atoms with Gasteiger partial charge in [-0.05, 0) is 11.0 Å². The quantitative estimate of drug-likeness (QED) is 0.435. The zero-order chi connectivity index (χ0) is 0. The second-order valence-electron chi connectivity index (χ2n) is 0. The maximum absolute atomic E-state index is 0. The zero-order valence-corrected chi connectivity index (χ0v) is 9.40. The summed E-state index contributed by atoms with van der Waals surface area (Å²) in [5.74, 6) is 0. The Balaban J connectivity index is 0. The molecule has 0 unspecified atom stereocenters. The van der Waals surface area contributed by atoms with Crippen LogP contribution in [-0.2, 0) is 19.5 Å². The van der Waals surface area contributed by atoms with Crippen LogP contribution in [0.15, 0.2) is 0 Å². The van der Waals surface area contributed by atoms with E-state index in [9.17, 15) is 0 Å². The number of hydrogen-bond acceptors (Lipinski definition) is 0. The van der Waals surface area contributed by atoms with Crippen LogP contribution in [0.25, 0.3) is 0 Å². The third-order valence-electron chi connectivity index (χ3n) is 0. The van der Waals surface area contributed by atoms with Gasteiger partial charge in [0, 0.05) is 27.9 Å². The smallest absolute Gasteiger partial charge is 1.00 e. The summed E-state index contributed by atoms with van der Waals surface area (Å²) in [6.07, 6.45) is 0. The Bertz CT molecular complexity index is 13.5. The van der Waals surface area contributed by atoms with E-state index >= 15 is 0 Å². The number of rotatable bonds is 0. The van der Waals surface area contributed by atoms with Crippen LogP contribution >= 0.6 is 0 Å². The standard InChI is InChI=1S/B.Ba.H4Si.Zn.2H/h;;1H4;;;/q;+2;;;2*-1. The fraction of sp³-hybridized carbons (Fsp3) is 0. The first kappa shape index (κ1) is 31.7. The molecule has 0 bridgehead atoms. The van der Waals surface area contributed by atoms with Crippen molar-refractivity contribution in [2.75, 3.05) is 0 Å². The van der Waals surface area contributed by atoms with E-state index in [2.05, 4.69) is 0 Å². The van der Waals surface area contributed by atoms with E-state index in [1.165, 1.54) is 0 Å². The van der Waals surface area contributed by atoms with Gasteiger partial charge in [0.05, 0.1) is 0 Å². The molecule has 0 aromatic heterocycles. The van der Waals surface area contributed by atoms with Gasteiger partial charge in [0.25, 0.3) is 0 Å². The molecule has 0 saturated carbocycles. The van der Waals surface area contributed by atoms with Gasteiger partial charge in [0.1, 0.15) is 0 Å². The topological polar surface area (TPSA) is 0 Å². The van der Waals surface area contributed by atoms with Crippen molar-refractivity contribution in [1.82, 2.24) is 0 Å². The zero-order valence-electron chi connectivity index (χ0n) is 3.99. The van der Waals surface area contributed by atoms with Crippen LogP contribution < -0.4 is 0 Å². The molecule has 0 aliphatic carbocycles. The van der Waals surface area contributed by atoms with Gasteiger partial charge in [-0.25, -0.2) is 0 Å². The van der Waals surface area contributed by atoms with Gasteiger partial charge in [-0.3, -0.25) is 0 Å². The van der Waals surface area contributed by atoms with E-state index in [0.717, 1.165) is 0 Å². The first-order valence-corrected chi connectivity index (χ1v) is 0. The second kappa shape index (κ2) is 17.9. The van der Waals surface area contributed by atoms with E-state index in [1.807, 2.05) is 0 Å². The Morgan fingerprint density at radius 3 is 1.25 bits per heavy atom. The van der Waals surface area contributed by atoms with Gasteiger partial charge in [-0.2, -0.15) is 0 Å². The molecule has 0 atom stereocenters. The third kappa shape index (κ3) is 8.82. The van der Waals surface area contributed by atoms with Gasteiger partial charge in [0.15, 0.2) is 0 Å². The fourth-order valence-corrected chi connectivity index (χ4v) is 0. The van der Waals surface area contributed by atoms with Crippen LogP contribution in [0.5, 0.6) is 0 Å². The van der Waals surface area contributed by atoms with Crippen molar-refractivity contribution in [2.45, 2.75) is 0 Å². The minimum Gasteiger partial charge on any atom is -1.00 e. The van der Waals surface area contributed by atoms with Gasteiger partial charge in [-0.15, -0.1) is 0 Å². The molecule has 0 saturated heterocycles. The predicted octanol–water partition coefficient (Wildman–Crippen LogP) is -1.99. The molecule has 17 valence electrons. The molecule has 0 N–H and O–H groups in total. The average Bonchev–Trinajstić information content (AvgIpc) is 0. The Morgan fingerprint density at radius 2 is 1.25 bits per heavy atom. The van der Waals surface area contributed by atoms with Crippen LogP contribution in [0.1, 0.15) is 2.85 Å². The molecule has 0 aromatic carbocycles. The first-order chi connectivity index (χ1) is 0. The Kier molecular flexibility index (Phi) is 142. The van der Waals surface area contributed by atoms with Crippen LogP contribution in [0.4, 0.5) is 0 Å². The first-order valence-electron chi connectivity index (χ1n) is 0. The Morgan fingerprint density at radius 1 is 1.25 bits per heavy atom. The Hall–Kier alpha value is 2.48. The third-order valence-corrected chi connectivity index (χ3v) is 0. The molecular weight excluding hydrogens is 242 g/mol. The molecule has 0 nitrogen and oxygen atoms in total. The van der Waals surface area contributed by atoms with E-state index in [4.69, 9.17) is 0 Å². The summed E-state index contributed by atoms with van der Waals surface area (Å²) in [5, 5.41) is 0. The van der Waals surface area contributed by atoms with Gasteiger partial charge in [0.2, 0.25) is 0 Å². The molecule has 4 heteroatoms. The Labute approximate surface area is 88.9 Å². The fourth-order valence-electron chi connectivity index (χ4n) is 0. The molecule has 0 rings (SSSR count). The van der Waals surface area contributed by atoms with Crippen molar-refractivity contribution in [2.24, 2.45) is 0 Å². The van der Waals surface area contributed by atoms with Crippen LogP contribution in [0.3, 0.4) is 0 Å². The molecule has 4 heavy (non-hydrogen) atoms. The predicted molar refractivity (Wildman–Crippen MR) is 25.1 cm³/mol. The SMILES string of the molecule is [B].[Ba+2].[H-].[H-].[SiH4].[Zn]. The molecule has 0 aliphatic rings. The van der Waals surface area contributed by atoms with Crippen molar-refractivity contribution < 1.29 is 22.3 Å². The monoisotopic (exact) mass is 247 g/mol. The van der Waals surface area contributed by atoms with Crippen molar-refractivity contribution in [3.05, 3.63) is 0 Å². The van der Waals surface area contributed by atoms with Crippen molar-refractivity contribution in [3.63, 3.8) is 0 Å². The molecule has 0 aromatic rings. The van der Waals surface area contributed by atoms with Gasteiger partial charge < -0.3 is 2.85 Å². The van der Waals surface area contributed by atoms with Crippen LogP contribution in [0.2, 0.25) is 0 Å². The maximum atomic E-state index is 0. The van der Waals surface area contributed by atoms with Crippen molar-refractivity contribution in [3.8, 4) is 0 Å². The second-order valence-corrected chi connectivity index (χ2v) is 0. The largest absolute Gasteiger partial charge is 2.00 e. The summed E-state index contributed by atoms with van der Waals surface area (Å²) in [4.78, 5) is 0. The molecule has 0 heterocycles. The minimum absolute atomic E-state index is 0. The van der Waals surface area contributed by atoms with Gasteiger partial charge in [-0.1, -0.05) is 0 Å². The average molecular weight is 248 g/mol. The normalized spacial score (nSPS) is 0. The molecule has 0 amide bonds. The van der Waals surface area contributed by atoms with Crippen LogP contribution in [0, 0.1) is 0 Å². The van der Waals surface area contributed by atoms with Crippen molar-refractivity contribution in [1.29, 1.82) is 0 Å². The summed E-state index contributed by atoms with van der Waals surface area (Å²) in [6, 6.07) is 0. The van der Waals surface area contributed by atoms with E-state index in [0.29, 0.717) is 0 Å². The molecular formula is H6BBaSiZn. The summed E-state index contributed by atoms with van der Waals surface area (Å²) in [6.45, 7) is 0.